The molecule has 1 unspecified atom stereocenters. The molecule has 1 atom stereocenters. The number of ketones is 1. The van der Waals surface area contributed by atoms with Crippen LogP contribution in [0.25, 0.3) is 11.4 Å². The standard InChI is InChI=1S/C21H19F3N4O2/c22-21(23,24)17-7-5-14(6-8-17)20-26-18(30-27-20)13-28-10-2-4-16(12-28)19(29)15-3-1-9-25-11-15/h1,3,5-9,11,16H,2,4,10,12-13H2. The summed E-state index contributed by atoms with van der Waals surface area (Å²) in [6, 6.07) is 8.13. The first-order valence-corrected chi connectivity index (χ1v) is 9.57. The highest BCUT2D eigenvalue weighted by atomic mass is 19.4. The number of aromatic nitrogens is 3. The largest absolute Gasteiger partial charge is 0.416 e. The van der Waals surface area contributed by atoms with Gasteiger partial charge in [-0.15, -0.1) is 0 Å². The van der Waals surface area contributed by atoms with Crippen molar-refractivity contribution >= 4 is 5.78 Å². The fourth-order valence-corrected chi connectivity index (χ4v) is 3.59. The molecule has 0 bridgehead atoms. The van der Waals surface area contributed by atoms with Gasteiger partial charge in [-0.25, -0.2) is 0 Å². The lowest BCUT2D eigenvalue weighted by molar-refractivity contribution is -0.137. The van der Waals surface area contributed by atoms with Gasteiger partial charge in [-0.2, -0.15) is 18.2 Å². The summed E-state index contributed by atoms with van der Waals surface area (Å²) in [6.07, 6.45) is 0.504. The highest BCUT2D eigenvalue weighted by Crippen LogP contribution is 2.30. The minimum absolute atomic E-state index is 0.0729. The molecule has 1 saturated heterocycles. The van der Waals surface area contributed by atoms with Crippen molar-refractivity contribution in [1.29, 1.82) is 0 Å². The highest BCUT2D eigenvalue weighted by molar-refractivity contribution is 5.97. The number of benzene rings is 1. The molecule has 0 aliphatic carbocycles. The van der Waals surface area contributed by atoms with E-state index in [2.05, 4.69) is 20.0 Å². The maximum Gasteiger partial charge on any atom is 0.416 e. The summed E-state index contributed by atoms with van der Waals surface area (Å²) in [7, 11) is 0. The number of hydrogen-bond donors (Lipinski definition) is 0. The third-order valence-electron chi connectivity index (χ3n) is 5.12. The Hall–Kier alpha value is -3.07. The van der Waals surface area contributed by atoms with Crippen LogP contribution in [0, 0.1) is 5.92 Å². The van der Waals surface area contributed by atoms with Gasteiger partial charge in [0.25, 0.3) is 0 Å². The average molecular weight is 416 g/mol. The zero-order chi connectivity index (χ0) is 21.1. The highest BCUT2D eigenvalue weighted by Gasteiger charge is 2.30. The van der Waals surface area contributed by atoms with Crippen molar-refractivity contribution in [1.82, 2.24) is 20.0 Å². The average Bonchev–Trinajstić information content (AvgIpc) is 3.22. The number of hydrogen-bond acceptors (Lipinski definition) is 6. The number of carbonyl (C=O) groups is 1. The molecule has 1 fully saturated rings. The molecule has 9 heteroatoms. The second kappa shape index (κ2) is 8.35. The van der Waals surface area contributed by atoms with E-state index in [1.807, 2.05) is 0 Å². The van der Waals surface area contributed by atoms with Crippen molar-refractivity contribution in [2.24, 2.45) is 5.92 Å². The second-order valence-electron chi connectivity index (χ2n) is 7.27. The number of rotatable bonds is 5. The lowest BCUT2D eigenvalue weighted by Gasteiger charge is -2.30. The van der Waals surface area contributed by atoms with E-state index >= 15 is 0 Å². The molecule has 2 aromatic heterocycles. The Kier molecular flexibility index (Phi) is 5.63. The normalized spacial score (nSPS) is 17.8. The third kappa shape index (κ3) is 4.56. The molecule has 0 spiro atoms. The van der Waals surface area contributed by atoms with Gasteiger partial charge >= 0.3 is 6.18 Å². The van der Waals surface area contributed by atoms with Crippen LogP contribution in [0.4, 0.5) is 13.2 Å². The van der Waals surface area contributed by atoms with Crippen molar-refractivity contribution in [3.63, 3.8) is 0 Å². The lowest BCUT2D eigenvalue weighted by Crippen LogP contribution is -2.38. The second-order valence-corrected chi connectivity index (χ2v) is 7.27. The molecule has 4 rings (SSSR count). The van der Waals surface area contributed by atoms with Crippen molar-refractivity contribution in [2.75, 3.05) is 13.1 Å². The summed E-state index contributed by atoms with van der Waals surface area (Å²) in [5.74, 6) is 0.544. The minimum Gasteiger partial charge on any atom is -0.338 e. The van der Waals surface area contributed by atoms with Crippen molar-refractivity contribution < 1.29 is 22.5 Å². The topological polar surface area (TPSA) is 72.1 Å². The van der Waals surface area contributed by atoms with E-state index in [4.69, 9.17) is 4.52 Å². The fourth-order valence-electron chi connectivity index (χ4n) is 3.59. The van der Waals surface area contributed by atoms with E-state index in [9.17, 15) is 18.0 Å². The van der Waals surface area contributed by atoms with E-state index in [1.165, 1.54) is 12.1 Å². The maximum absolute atomic E-state index is 12.7. The van der Waals surface area contributed by atoms with E-state index in [1.54, 1.807) is 24.5 Å². The maximum atomic E-state index is 12.7. The number of halogens is 3. The number of nitrogens with zero attached hydrogens (tertiary/aromatic N) is 4. The Balaban J connectivity index is 1.40. The first-order chi connectivity index (χ1) is 14.4. The van der Waals surface area contributed by atoms with Crippen LogP contribution < -0.4 is 0 Å². The summed E-state index contributed by atoms with van der Waals surface area (Å²) < 4.78 is 43.4. The summed E-state index contributed by atoms with van der Waals surface area (Å²) in [5, 5.41) is 3.88. The summed E-state index contributed by atoms with van der Waals surface area (Å²) in [4.78, 5) is 23.1. The minimum atomic E-state index is -4.39. The molecule has 0 N–H and O–H groups in total. The number of pyridine rings is 1. The van der Waals surface area contributed by atoms with Crippen molar-refractivity contribution in [2.45, 2.75) is 25.6 Å². The first-order valence-electron chi connectivity index (χ1n) is 9.57. The number of carbonyl (C=O) groups excluding carboxylic acids is 1. The molecule has 1 aromatic carbocycles. The van der Waals surface area contributed by atoms with Gasteiger partial charge in [0.1, 0.15) is 0 Å². The van der Waals surface area contributed by atoms with Gasteiger partial charge in [0, 0.05) is 36.0 Å². The molecular formula is C21H19F3N4O2. The van der Waals surface area contributed by atoms with Crippen molar-refractivity contribution in [3.05, 3.63) is 65.8 Å². The molecule has 6 nitrogen and oxygen atoms in total. The zero-order valence-electron chi connectivity index (χ0n) is 16.0. The molecule has 3 heterocycles. The molecule has 156 valence electrons. The van der Waals surface area contributed by atoms with E-state index in [-0.39, 0.29) is 17.5 Å². The summed E-state index contributed by atoms with van der Waals surface area (Å²) >= 11 is 0. The van der Waals surface area contributed by atoms with Gasteiger partial charge in [-0.3, -0.25) is 14.7 Å². The van der Waals surface area contributed by atoms with Crippen LogP contribution in [0.3, 0.4) is 0 Å². The molecule has 1 aliphatic heterocycles. The Morgan fingerprint density at radius 2 is 2.00 bits per heavy atom. The Bertz CT molecular complexity index is 1000. The molecule has 0 saturated carbocycles. The predicted octanol–water partition coefficient (Wildman–Crippen LogP) is 4.25. The summed E-state index contributed by atoms with van der Waals surface area (Å²) in [5.41, 5.74) is 0.320. The van der Waals surface area contributed by atoms with Crippen LogP contribution in [0.2, 0.25) is 0 Å². The van der Waals surface area contributed by atoms with Gasteiger partial charge < -0.3 is 4.52 Å². The van der Waals surface area contributed by atoms with Crippen LogP contribution in [0.1, 0.15) is 34.7 Å². The fraction of sp³-hybridized carbons (Fsp3) is 0.333. The Labute approximate surface area is 170 Å². The van der Waals surface area contributed by atoms with Crippen LogP contribution in [-0.2, 0) is 12.7 Å². The number of alkyl halides is 3. The van der Waals surface area contributed by atoms with Gasteiger partial charge in [0.05, 0.1) is 12.1 Å². The molecule has 1 aliphatic rings. The SMILES string of the molecule is O=C(c1cccnc1)C1CCCN(Cc2nc(-c3ccc(C(F)(F)F)cc3)no2)C1. The third-order valence-corrected chi connectivity index (χ3v) is 5.12. The van der Waals surface area contributed by atoms with Crippen LogP contribution in [-0.4, -0.2) is 38.9 Å². The number of Topliss-reactive ketones (excluding diaryl/α,β-unsaturated/α-hetero) is 1. The van der Waals surface area contributed by atoms with Gasteiger partial charge in [0.2, 0.25) is 11.7 Å². The molecule has 3 aromatic rings. The number of likely N-dealkylation sites (tertiary alicyclic amines) is 1. The Morgan fingerprint density at radius 1 is 1.20 bits per heavy atom. The van der Waals surface area contributed by atoms with Gasteiger partial charge in [-0.05, 0) is 43.7 Å². The van der Waals surface area contributed by atoms with E-state index in [0.29, 0.717) is 30.1 Å². The molecular weight excluding hydrogens is 397 g/mol. The predicted molar refractivity (Wildman–Crippen MR) is 101 cm³/mol. The van der Waals surface area contributed by atoms with Crippen molar-refractivity contribution in [3.8, 4) is 11.4 Å². The first kappa shape index (κ1) is 20.2. The molecule has 0 amide bonds. The van der Waals surface area contributed by atoms with E-state index in [0.717, 1.165) is 31.5 Å². The summed E-state index contributed by atoms with van der Waals surface area (Å²) in [6.45, 7) is 1.75. The Morgan fingerprint density at radius 3 is 2.70 bits per heavy atom. The number of piperidine rings is 1. The lowest BCUT2D eigenvalue weighted by atomic mass is 9.90. The van der Waals surface area contributed by atoms with Crippen LogP contribution in [0.5, 0.6) is 0 Å². The molecule has 30 heavy (non-hydrogen) atoms. The van der Waals surface area contributed by atoms with Gasteiger partial charge in [-0.1, -0.05) is 17.3 Å². The smallest absolute Gasteiger partial charge is 0.338 e. The zero-order valence-corrected chi connectivity index (χ0v) is 16.0. The van der Waals surface area contributed by atoms with Gasteiger partial charge in [0.15, 0.2) is 5.78 Å². The van der Waals surface area contributed by atoms with E-state index < -0.39 is 11.7 Å². The monoisotopic (exact) mass is 416 g/mol. The van der Waals surface area contributed by atoms with Crippen LogP contribution >= 0.6 is 0 Å². The van der Waals surface area contributed by atoms with Crippen LogP contribution in [0.15, 0.2) is 53.3 Å². The molecule has 0 radical (unpaired) electrons. The quantitative estimate of drug-likeness (QED) is 0.579.